The number of methoxy groups -OCH3 is 1. The minimum absolute atomic E-state index is 0.126. The summed E-state index contributed by atoms with van der Waals surface area (Å²) in [5, 5.41) is 12.7. The van der Waals surface area contributed by atoms with E-state index in [0.717, 1.165) is 0 Å². The third-order valence-corrected chi connectivity index (χ3v) is 2.94. The summed E-state index contributed by atoms with van der Waals surface area (Å²) in [6.45, 7) is 1.71. The van der Waals surface area contributed by atoms with Crippen LogP contribution >= 0.6 is 0 Å². The molecule has 0 saturated heterocycles. The van der Waals surface area contributed by atoms with Gasteiger partial charge in [-0.25, -0.2) is 9.18 Å². The first-order chi connectivity index (χ1) is 8.95. The van der Waals surface area contributed by atoms with Gasteiger partial charge in [0, 0.05) is 18.2 Å². The Morgan fingerprint density at radius 2 is 2.16 bits per heavy atom. The number of ether oxygens (including phenoxy) is 1. The van der Waals surface area contributed by atoms with E-state index in [1.807, 2.05) is 0 Å². The Balaban J connectivity index is 2.68. The summed E-state index contributed by atoms with van der Waals surface area (Å²) < 4.78 is 20.5. The molecule has 0 amide bonds. The molecule has 6 heteroatoms. The van der Waals surface area contributed by atoms with E-state index in [1.54, 1.807) is 14.0 Å². The van der Waals surface area contributed by atoms with Crippen molar-refractivity contribution < 1.29 is 19.0 Å². The molecular weight excluding hydrogens is 251 g/mol. The highest BCUT2D eigenvalue weighted by atomic mass is 19.1. The molecule has 0 aliphatic carbocycles. The molecule has 0 aliphatic heterocycles. The topological polar surface area (TPSA) is 64.3 Å². The first-order valence-electron chi connectivity index (χ1n) is 5.56. The van der Waals surface area contributed by atoms with Crippen LogP contribution in [-0.4, -0.2) is 28.0 Å². The standard InChI is InChI=1S/C13H13FN2O3/c1-7-11(19-3)5-4-8(14)12(7)10-6-9(13(17)18)15-16(10)2/h4-6H,1-3H3,(H,17,18). The van der Waals surface area contributed by atoms with Crippen LogP contribution in [-0.2, 0) is 7.05 Å². The number of hydrogen-bond donors (Lipinski definition) is 1. The Bertz CT molecular complexity index is 650. The highest BCUT2D eigenvalue weighted by Gasteiger charge is 2.19. The van der Waals surface area contributed by atoms with Crippen molar-refractivity contribution in [1.82, 2.24) is 9.78 Å². The maximum atomic E-state index is 14.0. The average molecular weight is 264 g/mol. The van der Waals surface area contributed by atoms with Gasteiger partial charge in [-0.3, -0.25) is 4.68 Å². The van der Waals surface area contributed by atoms with Crippen molar-refractivity contribution in [2.75, 3.05) is 7.11 Å². The van der Waals surface area contributed by atoms with Gasteiger partial charge in [0.2, 0.25) is 0 Å². The summed E-state index contributed by atoms with van der Waals surface area (Å²) in [5.41, 5.74) is 1.16. The molecular formula is C13H13FN2O3. The van der Waals surface area contributed by atoms with Gasteiger partial charge in [-0.2, -0.15) is 5.10 Å². The van der Waals surface area contributed by atoms with Gasteiger partial charge in [-0.1, -0.05) is 0 Å². The quantitative estimate of drug-likeness (QED) is 0.923. The van der Waals surface area contributed by atoms with Gasteiger partial charge in [0.05, 0.1) is 12.8 Å². The minimum Gasteiger partial charge on any atom is -0.496 e. The fourth-order valence-electron chi connectivity index (χ4n) is 2.00. The van der Waals surface area contributed by atoms with E-state index in [2.05, 4.69) is 5.10 Å². The van der Waals surface area contributed by atoms with Crippen molar-refractivity contribution in [3.63, 3.8) is 0 Å². The van der Waals surface area contributed by atoms with Crippen LogP contribution in [0.15, 0.2) is 18.2 Å². The van der Waals surface area contributed by atoms with Crippen LogP contribution in [0.2, 0.25) is 0 Å². The number of carboxylic acid groups (broad SMARTS) is 1. The lowest BCUT2D eigenvalue weighted by Gasteiger charge is -2.11. The van der Waals surface area contributed by atoms with Gasteiger partial charge in [0.25, 0.3) is 0 Å². The summed E-state index contributed by atoms with van der Waals surface area (Å²) in [6.07, 6.45) is 0. The van der Waals surface area contributed by atoms with Crippen LogP contribution in [0.1, 0.15) is 16.1 Å². The van der Waals surface area contributed by atoms with Crippen LogP contribution in [0.25, 0.3) is 11.3 Å². The molecule has 1 aromatic heterocycles. The number of aromatic carboxylic acids is 1. The van der Waals surface area contributed by atoms with Crippen LogP contribution < -0.4 is 4.74 Å². The second-order valence-electron chi connectivity index (χ2n) is 4.09. The number of nitrogens with zero attached hydrogens (tertiary/aromatic N) is 2. The zero-order valence-electron chi connectivity index (χ0n) is 10.8. The maximum Gasteiger partial charge on any atom is 0.356 e. The molecule has 0 aliphatic rings. The predicted octanol–water partition coefficient (Wildman–Crippen LogP) is 2.24. The van der Waals surface area contributed by atoms with E-state index >= 15 is 0 Å². The number of carboxylic acids is 1. The largest absolute Gasteiger partial charge is 0.496 e. The van der Waals surface area contributed by atoms with Gasteiger partial charge < -0.3 is 9.84 Å². The van der Waals surface area contributed by atoms with Crippen molar-refractivity contribution in [3.05, 3.63) is 35.3 Å². The molecule has 1 heterocycles. The molecule has 0 atom stereocenters. The summed E-state index contributed by atoms with van der Waals surface area (Å²) >= 11 is 0. The molecule has 5 nitrogen and oxygen atoms in total. The van der Waals surface area contributed by atoms with E-state index < -0.39 is 11.8 Å². The Kier molecular flexibility index (Phi) is 3.25. The van der Waals surface area contributed by atoms with Gasteiger partial charge in [-0.05, 0) is 25.1 Å². The molecule has 1 aromatic carbocycles. The predicted molar refractivity (Wildman–Crippen MR) is 66.9 cm³/mol. The molecule has 100 valence electrons. The highest BCUT2D eigenvalue weighted by Crippen LogP contribution is 2.32. The third kappa shape index (κ3) is 2.16. The van der Waals surface area contributed by atoms with Crippen molar-refractivity contribution in [2.24, 2.45) is 7.05 Å². The summed E-state index contributed by atoms with van der Waals surface area (Å²) in [4.78, 5) is 10.9. The number of rotatable bonds is 3. The Morgan fingerprint density at radius 3 is 2.68 bits per heavy atom. The summed E-state index contributed by atoms with van der Waals surface area (Å²) in [5.74, 6) is -1.06. The summed E-state index contributed by atoms with van der Waals surface area (Å²) in [7, 11) is 3.07. The van der Waals surface area contributed by atoms with Crippen molar-refractivity contribution in [3.8, 4) is 17.0 Å². The van der Waals surface area contributed by atoms with E-state index in [1.165, 1.54) is 30.0 Å². The van der Waals surface area contributed by atoms with Gasteiger partial charge in [0.15, 0.2) is 5.69 Å². The normalized spacial score (nSPS) is 10.5. The van der Waals surface area contributed by atoms with E-state index in [9.17, 15) is 9.18 Å². The van der Waals surface area contributed by atoms with Crippen molar-refractivity contribution in [2.45, 2.75) is 6.92 Å². The Labute approximate surface area is 109 Å². The first-order valence-corrected chi connectivity index (χ1v) is 5.56. The summed E-state index contributed by atoms with van der Waals surface area (Å²) in [6, 6.07) is 4.16. The van der Waals surface area contributed by atoms with Gasteiger partial charge in [-0.15, -0.1) is 0 Å². The number of benzene rings is 1. The molecule has 2 rings (SSSR count). The first kappa shape index (κ1) is 13.1. The highest BCUT2D eigenvalue weighted by molar-refractivity contribution is 5.87. The number of aromatic nitrogens is 2. The lowest BCUT2D eigenvalue weighted by molar-refractivity contribution is 0.0689. The number of halogens is 1. The third-order valence-electron chi connectivity index (χ3n) is 2.94. The Morgan fingerprint density at radius 1 is 1.47 bits per heavy atom. The van der Waals surface area contributed by atoms with Crippen LogP contribution in [0.4, 0.5) is 4.39 Å². The van der Waals surface area contributed by atoms with Gasteiger partial charge in [0.1, 0.15) is 11.6 Å². The maximum absolute atomic E-state index is 14.0. The van der Waals surface area contributed by atoms with Crippen LogP contribution in [0.3, 0.4) is 0 Å². The molecule has 2 aromatic rings. The fourth-order valence-corrected chi connectivity index (χ4v) is 2.00. The molecule has 0 spiro atoms. The number of carbonyl (C=O) groups is 1. The lowest BCUT2D eigenvalue weighted by atomic mass is 10.0. The molecule has 0 unspecified atom stereocenters. The molecule has 0 bridgehead atoms. The molecule has 0 saturated carbocycles. The number of hydrogen-bond acceptors (Lipinski definition) is 3. The number of aryl methyl sites for hydroxylation is 1. The SMILES string of the molecule is COc1ccc(F)c(-c2cc(C(=O)O)nn2C)c1C. The van der Waals surface area contributed by atoms with E-state index in [0.29, 0.717) is 22.6 Å². The van der Waals surface area contributed by atoms with Crippen LogP contribution in [0.5, 0.6) is 5.75 Å². The zero-order valence-corrected chi connectivity index (χ0v) is 10.8. The fraction of sp³-hybridized carbons (Fsp3) is 0.231. The minimum atomic E-state index is -1.15. The molecule has 0 radical (unpaired) electrons. The lowest BCUT2D eigenvalue weighted by Crippen LogP contribution is -2.01. The zero-order chi connectivity index (χ0) is 14.2. The van der Waals surface area contributed by atoms with Crippen molar-refractivity contribution >= 4 is 5.97 Å². The second kappa shape index (κ2) is 4.72. The molecule has 19 heavy (non-hydrogen) atoms. The second-order valence-corrected chi connectivity index (χ2v) is 4.09. The average Bonchev–Trinajstić information content (AvgIpc) is 2.72. The molecule has 1 N–H and O–H groups in total. The van der Waals surface area contributed by atoms with Gasteiger partial charge >= 0.3 is 5.97 Å². The van der Waals surface area contributed by atoms with E-state index in [-0.39, 0.29) is 5.69 Å². The monoisotopic (exact) mass is 264 g/mol. The van der Waals surface area contributed by atoms with Crippen LogP contribution in [0, 0.1) is 12.7 Å². The van der Waals surface area contributed by atoms with E-state index in [4.69, 9.17) is 9.84 Å². The molecule has 0 fully saturated rings. The van der Waals surface area contributed by atoms with Crippen molar-refractivity contribution in [1.29, 1.82) is 0 Å². The Hall–Kier alpha value is -2.37. The smallest absolute Gasteiger partial charge is 0.356 e.